The normalized spacial score (nSPS) is 11.6. The molecule has 3 rings (SSSR count). The SMILES string of the molecule is OC(c1ccccc1)(c1ccccc1)c1c(Cl)c(Cl)c(Cl)c(Cl)c1Cl. The Morgan fingerprint density at radius 3 is 1.20 bits per heavy atom. The maximum Gasteiger partial charge on any atom is 0.143 e. The third kappa shape index (κ3) is 3.14. The highest BCUT2D eigenvalue weighted by Gasteiger charge is 2.39. The summed E-state index contributed by atoms with van der Waals surface area (Å²) >= 11 is 31.4. The number of benzene rings is 3. The molecule has 0 radical (unpaired) electrons. The highest BCUT2D eigenvalue weighted by molar-refractivity contribution is 6.55. The van der Waals surface area contributed by atoms with Crippen molar-refractivity contribution in [3.05, 3.63) is 102 Å². The molecule has 0 aliphatic rings. The summed E-state index contributed by atoms with van der Waals surface area (Å²) in [6.07, 6.45) is 0. The lowest BCUT2D eigenvalue weighted by Gasteiger charge is -2.32. The molecule has 6 heteroatoms. The number of aliphatic hydroxyl groups is 1. The van der Waals surface area contributed by atoms with E-state index in [2.05, 4.69) is 0 Å². The van der Waals surface area contributed by atoms with Crippen LogP contribution in [0.3, 0.4) is 0 Å². The highest BCUT2D eigenvalue weighted by Crippen LogP contribution is 2.51. The molecule has 0 fully saturated rings. The Labute approximate surface area is 170 Å². The van der Waals surface area contributed by atoms with Crippen LogP contribution in [0.2, 0.25) is 25.1 Å². The molecule has 1 nitrogen and oxygen atoms in total. The third-order valence-corrected chi connectivity index (χ3v) is 6.23. The predicted molar refractivity (Wildman–Crippen MR) is 106 cm³/mol. The van der Waals surface area contributed by atoms with Crippen molar-refractivity contribution < 1.29 is 5.11 Å². The van der Waals surface area contributed by atoms with Gasteiger partial charge in [-0.1, -0.05) is 119 Å². The first kappa shape index (κ1) is 18.8. The first-order valence-corrected chi connectivity index (χ1v) is 9.13. The monoisotopic (exact) mass is 430 g/mol. The molecule has 0 heterocycles. The van der Waals surface area contributed by atoms with Crippen LogP contribution in [-0.4, -0.2) is 5.11 Å². The Hall–Kier alpha value is -0.930. The summed E-state index contributed by atoms with van der Waals surface area (Å²) in [5.74, 6) is 0. The molecule has 3 aromatic rings. The van der Waals surface area contributed by atoms with Crippen molar-refractivity contribution in [2.75, 3.05) is 0 Å². The molecule has 25 heavy (non-hydrogen) atoms. The summed E-state index contributed by atoms with van der Waals surface area (Å²) in [7, 11) is 0. The fraction of sp³-hybridized carbons (Fsp3) is 0.0526. The van der Waals surface area contributed by atoms with Crippen molar-refractivity contribution >= 4 is 58.0 Å². The summed E-state index contributed by atoms with van der Waals surface area (Å²) < 4.78 is 0. The van der Waals surface area contributed by atoms with Crippen molar-refractivity contribution in [1.82, 2.24) is 0 Å². The molecule has 0 amide bonds. The van der Waals surface area contributed by atoms with E-state index in [1.54, 1.807) is 24.3 Å². The Morgan fingerprint density at radius 2 is 0.840 bits per heavy atom. The average Bonchev–Trinajstić information content (AvgIpc) is 2.66. The topological polar surface area (TPSA) is 20.2 Å². The zero-order valence-corrected chi connectivity index (χ0v) is 16.4. The summed E-state index contributed by atoms with van der Waals surface area (Å²) in [5, 5.41) is 12.0. The van der Waals surface area contributed by atoms with Crippen molar-refractivity contribution in [2.24, 2.45) is 0 Å². The molecule has 0 aromatic heterocycles. The molecule has 3 aromatic carbocycles. The quantitative estimate of drug-likeness (QED) is 0.263. The fourth-order valence-electron chi connectivity index (χ4n) is 2.74. The van der Waals surface area contributed by atoms with Gasteiger partial charge in [0.1, 0.15) is 5.60 Å². The lowest BCUT2D eigenvalue weighted by Crippen LogP contribution is -2.30. The van der Waals surface area contributed by atoms with E-state index in [-0.39, 0.29) is 30.7 Å². The molecule has 0 atom stereocenters. The van der Waals surface area contributed by atoms with Gasteiger partial charge in [0.2, 0.25) is 0 Å². The van der Waals surface area contributed by atoms with E-state index in [1.807, 2.05) is 36.4 Å². The first-order valence-electron chi connectivity index (χ1n) is 7.24. The van der Waals surface area contributed by atoms with E-state index < -0.39 is 5.60 Å². The van der Waals surface area contributed by atoms with Crippen LogP contribution >= 0.6 is 58.0 Å². The second-order valence-corrected chi connectivity index (χ2v) is 7.28. The van der Waals surface area contributed by atoms with Crippen LogP contribution in [0, 0.1) is 0 Å². The van der Waals surface area contributed by atoms with Crippen LogP contribution < -0.4 is 0 Å². The van der Waals surface area contributed by atoms with Gasteiger partial charge in [-0.2, -0.15) is 0 Å². The smallest absolute Gasteiger partial charge is 0.143 e. The van der Waals surface area contributed by atoms with Crippen LogP contribution in [0.4, 0.5) is 0 Å². The molecular formula is C19H11Cl5O. The number of rotatable bonds is 3. The molecule has 0 bridgehead atoms. The molecule has 0 aliphatic carbocycles. The molecule has 0 unspecified atom stereocenters. The number of hydrogen-bond acceptors (Lipinski definition) is 1. The zero-order chi connectivity index (χ0) is 18.2. The Balaban J connectivity index is 2.44. The van der Waals surface area contributed by atoms with E-state index >= 15 is 0 Å². The molecule has 0 saturated heterocycles. The molecule has 0 spiro atoms. The van der Waals surface area contributed by atoms with Gasteiger partial charge in [-0.15, -0.1) is 0 Å². The highest BCUT2D eigenvalue weighted by atomic mass is 35.5. The van der Waals surface area contributed by atoms with Gasteiger partial charge in [-0.05, 0) is 11.1 Å². The minimum Gasteiger partial charge on any atom is -0.376 e. The van der Waals surface area contributed by atoms with Gasteiger partial charge < -0.3 is 5.11 Å². The van der Waals surface area contributed by atoms with Crippen molar-refractivity contribution in [3.63, 3.8) is 0 Å². The van der Waals surface area contributed by atoms with E-state index in [0.717, 1.165) is 0 Å². The molecule has 0 aliphatic heterocycles. The van der Waals surface area contributed by atoms with E-state index in [4.69, 9.17) is 58.0 Å². The van der Waals surface area contributed by atoms with Gasteiger partial charge in [-0.3, -0.25) is 0 Å². The van der Waals surface area contributed by atoms with Crippen LogP contribution in [-0.2, 0) is 5.60 Å². The van der Waals surface area contributed by atoms with Gasteiger partial charge in [-0.25, -0.2) is 0 Å². The Bertz CT molecular complexity index is 842. The maximum absolute atomic E-state index is 11.8. The van der Waals surface area contributed by atoms with E-state index in [1.165, 1.54) is 0 Å². The van der Waals surface area contributed by atoms with Crippen molar-refractivity contribution in [1.29, 1.82) is 0 Å². The van der Waals surface area contributed by atoms with Gasteiger partial charge in [0.15, 0.2) is 0 Å². The molecule has 0 saturated carbocycles. The summed E-state index contributed by atoms with van der Waals surface area (Å²) in [6.45, 7) is 0. The van der Waals surface area contributed by atoms with E-state index in [0.29, 0.717) is 11.1 Å². The predicted octanol–water partition coefficient (Wildman–Crippen LogP) is 7.24. The summed E-state index contributed by atoms with van der Waals surface area (Å²) in [4.78, 5) is 0. The minimum absolute atomic E-state index is 0.0398. The van der Waals surface area contributed by atoms with Crippen LogP contribution in [0.15, 0.2) is 60.7 Å². The minimum atomic E-state index is -1.66. The summed E-state index contributed by atoms with van der Waals surface area (Å²) in [5.41, 5.74) is -0.333. The van der Waals surface area contributed by atoms with Crippen molar-refractivity contribution in [2.45, 2.75) is 5.60 Å². The zero-order valence-electron chi connectivity index (χ0n) is 12.6. The van der Waals surface area contributed by atoms with E-state index in [9.17, 15) is 5.11 Å². The fourth-order valence-corrected chi connectivity index (χ4v) is 4.15. The largest absolute Gasteiger partial charge is 0.376 e. The van der Waals surface area contributed by atoms with Gasteiger partial charge in [0, 0.05) is 5.56 Å². The van der Waals surface area contributed by atoms with Gasteiger partial charge in [0.25, 0.3) is 0 Å². The lowest BCUT2D eigenvalue weighted by molar-refractivity contribution is 0.126. The molecular weight excluding hydrogens is 421 g/mol. The standard InChI is InChI=1S/C19H11Cl5O/c20-14-13(15(21)17(23)18(24)16(14)22)19(25,11-7-3-1-4-8-11)12-9-5-2-6-10-12/h1-10,25H. The number of halogens is 5. The molecule has 1 N–H and O–H groups in total. The second-order valence-electron chi connectivity index (χ2n) is 5.39. The third-order valence-electron chi connectivity index (χ3n) is 3.95. The average molecular weight is 433 g/mol. The summed E-state index contributed by atoms with van der Waals surface area (Å²) in [6, 6.07) is 18.0. The Morgan fingerprint density at radius 1 is 0.520 bits per heavy atom. The van der Waals surface area contributed by atoms with Crippen LogP contribution in [0.5, 0.6) is 0 Å². The molecule has 128 valence electrons. The maximum atomic E-state index is 11.8. The van der Waals surface area contributed by atoms with Crippen molar-refractivity contribution in [3.8, 4) is 0 Å². The number of hydrogen-bond donors (Lipinski definition) is 1. The second kappa shape index (κ2) is 7.36. The van der Waals surface area contributed by atoms with Crippen LogP contribution in [0.1, 0.15) is 16.7 Å². The van der Waals surface area contributed by atoms with Gasteiger partial charge in [0.05, 0.1) is 25.1 Å². The van der Waals surface area contributed by atoms with Crippen LogP contribution in [0.25, 0.3) is 0 Å². The van der Waals surface area contributed by atoms with Gasteiger partial charge >= 0.3 is 0 Å². The lowest BCUT2D eigenvalue weighted by atomic mass is 9.80. The first-order chi connectivity index (χ1) is 11.9. The Kier molecular flexibility index (Phi) is 5.55.